The van der Waals surface area contributed by atoms with E-state index in [-0.39, 0.29) is 11.6 Å². The van der Waals surface area contributed by atoms with Crippen molar-refractivity contribution in [3.63, 3.8) is 0 Å². The van der Waals surface area contributed by atoms with E-state index >= 15 is 0 Å². The van der Waals surface area contributed by atoms with E-state index in [1.807, 2.05) is 4.90 Å². The molecule has 21 heavy (non-hydrogen) atoms. The van der Waals surface area contributed by atoms with Crippen LogP contribution in [0.1, 0.15) is 57.8 Å². The third-order valence-corrected chi connectivity index (χ3v) is 4.50. The van der Waals surface area contributed by atoms with Crippen molar-refractivity contribution in [2.75, 3.05) is 13.1 Å². The Labute approximate surface area is 124 Å². The van der Waals surface area contributed by atoms with E-state index in [0.29, 0.717) is 28.7 Å². The van der Waals surface area contributed by atoms with E-state index < -0.39 is 5.97 Å². The Balaban J connectivity index is 1.85. The number of carbonyl (C=O) groups excluding carboxylic acids is 1. The number of amides is 1. The number of nitrogens with one attached hydrogen (secondary N) is 1. The van der Waals surface area contributed by atoms with Crippen LogP contribution in [0.5, 0.6) is 0 Å². The summed E-state index contributed by atoms with van der Waals surface area (Å²) in [4.78, 5) is 28.8. The number of carboxylic acid groups (broad SMARTS) is 1. The van der Waals surface area contributed by atoms with Crippen molar-refractivity contribution in [3.05, 3.63) is 22.5 Å². The highest BCUT2D eigenvalue weighted by Gasteiger charge is 2.33. The smallest absolute Gasteiger partial charge is 0.352 e. The van der Waals surface area contributed by atoms with Gasteiger partial charge in [-0.1, -0.05) is 0 Å². The molecular weight excluding hydrogens is 268 g/mol. The first-order valence-electron chi connectivity index (χ1n) is 7.69. The molecule has 5 heteroatoms. The molecule has 1 aromatic rings. The SMILES string of the molecule is Cc1[nH]c(C(=O)O)c(C)c1C(=O)N(CC1CC1)CC1CC1. The zero-order valence-electron chi connectivity index (χ0n) is 12.6. The van der Waals surface area contributed by atoms with Gasteiger partial charge in [0.25, 0.3) is 5.91 Å². The summed E-state index contributed by atoms with van der Waals surface area (Å²) in [6.45, 7) is 5.13. The number of hydrogen-bond donors (Lipinski definition) is 2. The standard InChI is InChI=1S/C16H22N2O3/c1-9-13(10(2)17-14(9)16(20)21)15(19)18(7-11-3-4-11)8-12-5-6-12/h11-12,17H,3-8H2,1-2H3,(H,20,21). The van der Waals surface area contributed by atoms with Crippen molar-refractivity contribution >= 4 is 11.9 Å². The quantitative estimate of drug-likeness (QED) is 0.845. The largest absolute Gasteiger partial charge is 0.477 e. The van der Waals surface area contributed by atoms with E-state index in [1.165, 1.54) is 25.7 Å². The number of aromatic nitrogens is 1. The van der Waals surface area contributed by atoms with Crippen molar-refractivity contribution < 1.29 is 14.7 Å². The normalized spacial score (nSPS) is 17.8. The summed E-state index contributed by atoms with van der Waals surface area (Å²) >= 11 is 0. The van der Waals surface area contributed by atoms with Gasteiger partial charge in [0.1, 0.15) is 5.69 Å². The van der Waals surface area contributed by atoms with E-state index in [4.69, 9.17) is 0 Å². The van der Waals surface area contributed by atoms with Crippen molar-refractivity contribution in [3.8, 4) is 0 Å². The summed E-state index contributed by atoms with van der Waals surface area (Å²) in [5.74, 6) is 0.274. The maximum atomic E-state index is 12.9. The number of hydrogen-bond acceptors (Lipinski definition) is 2. The molecule has 0 bridgehead atoms. The van der Waals surface area contributed by atoms with Gasteiger partial charge in [0.05, 0.1) is 5.56 Å². The second-order valence-electron chi connectivity index (χ2n) is 6.53. The van der Waals surface area contributed by atoms with Crippen LogP contribution in [0.2, 0.25) is 0 Å². The Hall–Kier alpha value is -1.78. The molecule has 5 nitrogen and oxygen atoms in total. The van der Waals surface area contributed by atoms with Crippen LogP contribution in [-0.4, -0.2) is 40.0 Å². The maximum Gasteiger partial charge on any atom is 0.352 e. The molecule has 1 amide bonds. The number of rotatable bonds is 6. The van der Waals surface area contributed by atoms with Crippen LogP contribution in [0.4, 0.5) is 0 Å². The van der Waals surface area contributed by atoms with E-state index in [9.17, 15) is 14.7 Å². The number of carboxylic acids is 1. The molecule has 2 aliphatic carbocycles. The van der Waals surface area contributed by atoms with Crippen LogP contribution >= 0.6 is 0 Å². The lowest BCUT2D eigenvalue weighted by atomic mass is 10.1. The van der Waals surface area contributed by atoms with Crippen LogP contribution in [-0.2, 0) is 0 Å². The summed E-state index contributed by atoms with van der Waals surface area (Å²) in [7, 11) is 0. The Bertz CT molecular complexity index is 569. The molecule has 2 fully saturated rings. The Kier molecular flexibility index (Phi) is 3.51. The number of nitrogens with zero attached hydrogens (tertiary/aromatic N) is 1. The highest BCUT2D eigenvalue weighted by atomic mass is 16.4. The van der Waals surface area contributed by atoms with Gasteiger partial charge < -0.3 is 15.0 Å². The molecule has 0 unspecified atom stereocenters. The molecule has 3 rings (SSSR count). The molecule has 2 N–H and O–H groups in total. The molecule has 0 spiro atoms. The molecule has 0 saturated heterocycles. The van der Waals surface area contributed by atoms with Gasteiger partial charge in [0.15, 0.2) is 0 Å². The van der Waals surface area contributed by atoms with Crippen molar-refractivity contribution in [1.82, 2.24) is 9.88 Å². The van der Waals surface area contributed by atoms with Crippen LogP contribution in [0.3, 0.4) is 0 Å². The fourth-order valence-electron chi connectivity index (χ4n) is 2.91. The average Bonchev–Trinajstić information content (AvgIpc) is 3.30. The Morgan fingerprint density at radius 1 is 1.14 bits per heavy atom. The van der Waals surface area contributed by atoms with Gasteiger partial charge >= 0.3 is 5.97 Å². The molecule has 0 atom stereocenters. The Morgan fingerprint density at radius 2 is 1.67 bits per heavy atom. The topological polar surface area (TPSA) is 73.4 Å². The third-order valence-electron chi connectivity index (χ3n) is 4.50. The highest BCUT2D eigenvalue weighted by molar-refractivity contribution is 6.00. The fraction of sp³-hybridized carbons (Fsp3) is 0.625. The maximum absolute atomic E-state index is 12.9. The van der Waals surface area contributed by atoms with Gasteiger partial charge in [-0.05, 0) is 56.9 Å². The minimum atomic E-state index is -1.01. The molecule has 0 aliphatic heterocycles. The van der Waals surface area contributed by atoms with E-state index in [2.05, 4.69) is 4.98 Å². The lowest BCUT2D eigenvalue weighted by Crippen LogP contribution is -2.35. The molecule has 0 radical (unpaired) electrons. The minimum Gasteiger partial charge on any atom is -0.477 e. The predicted molar refractivity (Wildman–Crippen MR) is 78.6 cm³/mol. The highest BCUT2D eigenvalue weighted by Crippen LogP contribution is 2.35. The fourth-order valence-corrected chi connectivity index (χ4v) is 2.91. The minimum absolute atomic E-state index is 0.00690. The lowest BCUT2D eigenvalue weighted by Gasteiger charge is -2.23. The number of aromatic carboxylic acids is 1. The molecule has 2 saturated carbocycles. The predicted octanol–water partition coefficient (Wildman–Crippen LogP) is 2.59. The van der Waals surface area contributed by atoms with E-state index in [1.54, 1.807) is 13.8 Å². The number of H-pyrrole nitrogens is 1. The summed E-state index contributed by atoms with van der Waals surface area (Å²) in [6, 6.07) is 0. The first-order chi connectivity index (χ1) is 9.97. The average molecular weight is 290 g/mol. The van der Waals surface area contributed by atoms with Gasteiger partial charge in [-0.25, -0.2) is 4.79 Å². The summed E-state index contributed by atoms with van der Waals surface area (Å²) in [5.41, 5.74) is 1.90. The number of carbonyl (C=O) groups is 2. The zero-order chi connectivity index (χ0) is 15.1. The lowest BCUT2D eigenvalue weighted by molar-refractivity contribution is 0.0690. The number of aromatic amines is 1. The van der Waals surface area contributed by atoms with Crippen molar-refractivity contribution in [2.24, 2.45) is 11.8 Å². The molecule has 2 aliphatic rings. The molecule has 114 valence electrons. The van der Waals surface area contributed by atoms with Crippen molar-refractivity contribution in [1.29, 1.82) is 0 Å². The second-order valence-corrected chi connectivity index (χ2v) is 6.53. The summed E-state index contributed by atoms with van der Waals surface area (Å²) < 4.78 is 0. The number of aryl methyl sites for hydroxylation is 1. The molecular formula is C16H22N2O3. The van der Waals surface area contributed by atoms with Gasteiger partial charge in [-0.3, -0.25) is 4.79 Å². The van der Waals surface area contributed by atoms with Gasteiger partial charge in [0, 0.05) is 18.8 Å². The van der Waals surface area contributed by atoms with E-state index in [0.717, 1.165) is 13.1 Å². The van der Waals surface area contributed by atoms with Gasteiger partial charge in [-0.15, -0.1) is 0 Å². The first-order valence-corrected chi connectivity index (χ1v) is 7.69. The Morgan fingerprint density at radius 3 is 2.05 bits per heavy atom. The second kappa shape index (κ2) is 5.20. The van der Waals surface area contributed by atoms with Crippen LogP contribution < -0.4 is 0 Å². The summed E-state index contributed by atoms with van der Waals surface area (Å²) in [5, 5.41) is 9.18. The molecule has 1 aromatic heterocycles. The van der Waals surface area contributed by atoms with Gasteiger partial charge in [-0.2, -0.15) is 0 Å². The first kappa shape index (κ1) is 14.2. The molecule has 1 heterocycles. The third kappa shape index (κ3) is 2.96. The van der Waals surface area contributed by atoms with Gasteiger partial charge in [0.2, 0.25) is 0 Å². The zero-order valence-corrected chi connectivity index (χ0v) is 12.6. The van der Waals surface area contributed by atoms with Crippen LogP contribution in [0, 0.1) is 25.7 Å². The summed E-state index contributed by atoms with van der Waals surface area (Å²) in [6.07, 6.45) is 4.83. The van der Waals surface area contributed by atoms with Crippen LogP contribution in [0.25, 0.3) is 0 Å². The van der Waals surface area contributed by atoms with Crippen molar-refractivity contribution in [2.45, 2.75) is 39.5 Å². The van der Waals surface area contributed by atoms with Crippen LogP contribution in [0.15, 0.2) is 0 Å². The monoisotopic (exact) mass is 290 g/mol. The molecule has 0 aromatic carbocycles.